The van der Waals surface area contributed by atoms with Crippen molar-refractivity contribution in [1.29, 1.82) is 0 Å². The van der Waals surface area contributed by atoms with E-state index >= 15 is 0 Å². The van der Waals surface area contributed by atoms with Gasteiger partial charge in [0.25, 0.3) is 0 Å². The fourth-order valence-corrected chi connectivity index (χ4v) is 1.96. The molecule has 1 atom stereocenters. The Labute approximate surface area is 97.2 Å². The fourth-order valence-electron chi connectivity index (χ4n) is 1.96. The first-order valence-electron chi connectivity index (χ1n) is 5.66. The van der Waals surface area contributed by atoms with E-state index in [4.69, 9.17) is 0 Å². The Balaban J connectivity index is 2.35. The van der Waals surface area contributed by atoms with E-state index in [0.717, 1.165) is 0 Å². The minimum atomic E-state index is 0.363. The van der Waals surface area contributed by atoms with Gasteiger partial charge in [-0.25, -0.2) is 0 Å². The second-order valence-electron chi connectivity index (χ2n) is 4.34. The number of aromatic nitrogens is 1. The van der Waals surface area contributed by atoms with Crippen molar-refractivity contribution in [3.05, 3.63) is 65.0 Å². The highest BCUT2D eigenvalue weighted by Gasteiger charge is 2.11. The zero-order valence-electron chi connectivity index (χ0n) is 10.1. The fraction of sp³-hybridized carbons (Fsp3) is 0.267. The van der Waals surface area contributed by atoms with Crippen molar-refractivity contribution >= 4 is 0 Å². The molecule has 0 fully saturated rings. The summed E-state index contributed by atoms with van der Waals surface area (Å²) in [5.74, 6) is 0.363. The van der Waals surface area contributed by atoms with Gasteiger partial charge >= 0.3 is 0 Å². The molecule has 1 unspecified atom stereocenters. The van der Waals surface area contributed by atoms with E-state index in [0.29, 0.717) is 5.92 Å². The standard InChI is InChI=1S/C15H17N/c1-11-6-8-14(9-7-11)13(3)15-12(2)5-4-10-16-15/h4-10,13H,1-3H3. The van der Waals surface area contributed by atoms with Crippen molar-refractivity contribution in [1.82, 2.24) is 4.98 Å². The normalized spacial score (nSPS) is 12.4. The van der Waals surface area contributed by atoms with Gasteiger partial charge in [-0.1, -0.05) is 42.8 Å². The maximum absolute atomic E-state index is 4.48. The Morgan fingerprint density at radius 2 is 1.69 bits per heavy atom. The summed E-state index contributed by atoms with van der Waals surface area (Å²) < 4.78 is 0. The van der Waals surface area contributed by atoms with Gasteiger partial charge in [0.15, 0.2) is 0 Å². The summed E-state index contributed by atoms with van der Waals surface area (Å²) in [6, 6.07) is 12.8. The summed E-state index contributed by atoms with van der Waals surface area (Å²) in [6.45, 7) is 6.44. The van der Waals surface area contributed by atoms with Crippen LogP contribution >= 0.6 is 0 Å². The Hall–Kier alpha value is -1.63. The molecule has 0 saturated heterocycles. The van der Waals surface area contributed by atoms with Crippen molar-refractivity contribution in [3.63, 3.8) is 0 Å². The van der Waals surface area contributed by atoms with Gasteiger partial charge in [0.1, 0.15) is 0 Å². The SMILES string of the molecule is Cc1ccc(C(C)c2ncccc2C)cc1. The van der Waals surface area contributed by atoms with Gasteiger partial charge in [-0.3, -0.25) is 4.98 Å². The molecule has 0 aliphatic carbocycles. The number of hydrogen-bond donors (Lipinski definition) is 0. The Kier molecular flexibility index (Phi) is 3.04. The van der Waals surface area contributed by atoms with Crippen molar-refractivity contribution < 1.29 is 0 Å². The van der Waals surface area contributed by atoms with Gasteiger partial charge in [0, 0.05) is 12.1 Å². The molecule has 1 aromatic heterocycles. The molecule has 0 aliphatic rings. The summed E-state index contributed by atoms with van der Waals surface area (Å²) in [7, 11) is 0. The van der Waals surface area contributed by atoms with Crippen molar-refractivity contribution in [2.24, 2.45) is 0 Å². The molecule has 0 amide bonds. The molecule has 0 spiro atoms. The van der Waals surface area contributed by atoms with Gasteiger partial charge in [-0.2, -0.15) is 0 Å². The average molecular weight is 211 g/mol. The van der Waals surface area contributed by atoms with E-state index in [9.17, 15) is 0 Å². The van der Waals surface area contributed by atoms with E-state index in [1.165, 1.54) is 22.4 Å². The molecule has 0 saturated carbocycles. The van der Waals surface area contributed by atoms with Gasteiger partial charge in [0.05, 0.1) is 5.69 Å². The van der Waals surface area contributed by atoms with E-state index in [-0.39, 0.29) is 0 Å². The number of pyridine rings is 1. The number of rotatable bonds is 2. The predicted octanol–water partition coefficient (Wildman–Crippen LogP) is 3.85. The maximum atomic E-state index is 4.48. The van der Waals surface area contributed by atoms with Gasteiger partial charge < -0.3 is 0 Å². The van der Waals surface area contributed by atoms with Crippen LogP contribution in [0, 0.1) is 13.8 Å². The Morgan fingerprint density at radius 1 is 1.00 bits per heavy atom. The summed E-state index contributed by atoms with van der Waals surface area (Å²) in [4.78, 5) is 4.48. The quantitative estimate of drug-likeness (QED) is 0.735. The highest BCUT2D eigenvalue weighted by Crippen LogP contribution is 2.24. The molecule has 16 heavy (non-hydrogen) atoms. The highest BCUT2D eigenvalue weighted by atomic mass is 14.7. The van der Waals surface area contributed by atoms with Crippen LogP contribution in [-0.4, -0.2) is 4.98 Å². The third-order valence-electron chi connectivity index (χ3n) is 3.04. The molecule has 0 aliphatic heterocycles. The largest absolute Gasteiger partial charge is 0.260 e. The van der Waals surface area contributed by atoms with Crippen molar-refractivity contribution in [3.8, 4) is 0 Å². The second kappa shape index (κ2) is 4.48. The summed E-state index contributed by atoms with van der Waals surface area (Å²) >= 11 is 0. The molecule has 82 valence electrons. The molecule has 0 bridgehead atoms. The smallest absolute Gasteiger partial charge is 0.0504 e. The van der Waals surface area contributed by atoms with Crippen LogP contribution in [0.1, 0.15) is 35.2 Å². The van der Waals surface area contributed by atoms with Crippen LogP contribution in [-0.2, 0) is 0 Å². The molecule has 1 nitrogen and oxygen atoms in total. The molecular weight excluding hydrogens is 194 g/mol. The lowest BCUT2D eigenvalue weighted by atomic mass is 9.94. The Bertz CT molecular complexity index is 471. The van der Waals surface area contributed by atoms with E-state index in [1.807, 2.05) is 12.3 Å². The van der Waals surface area contributed by atoms with Crippen LogP contribution in [0.15, 0.2) is 42.6 Å². The van der Waals surface area contributed by atoms with Crippen LogP contribution in [0.4, 0.5) is 0 Å². The van der Waals surface area contributed by atoms with E-state index < -0.39 is 0 Å². The number of benzene rings is 1. The van der Waals surface area contributed by atoms with Crippen LogP contribution < -0.4 is 0 Å². The summed E-state index contributed by atoms with van der Waals surface area (Å²) in [5, 5.41) is 0. The first kappa shape index (κ1) is 10.9. The van der Waals surface area contributed by atoms with E-state index in [2.05, 4.69) is 56.1 Å². The lowest BCUT2D eigenvalue weighted by Gasteiger charge is -2.13. The number of hydrogen-bond acceptors (Lipinski definition) is 1. The zero-order chi connectivity index (χ0) is 11.5. The zero-order valence-corrected chi connectivity index (χ0v) is 10.1. The minimum absolute atomic E-state index is 0.363. The molecule has 2 aromatic rings. The van der Waals surface area contributed by atoms with Crippen LogP contribution in [0.5, 0.6) is 0 Å². The molecule has 1 aromatic carbocycles. The van der Waals surface area contributed by atoms with Gasteiger partial charge in [-0.05, 0) is 31.0 Å². The van der Waals surface area contributed by atoms with Crippen molar-refractivity contribution in [2.75, 3.05) is 0 Å². The number of aryl methyl sites for hydroxylation is 2. The van der Waals surface area contributed by atoms with Crippen LogP contribution in [0.3, 0.4) is 0 Å². The van der Waals surface area contributed by atoms with E-state index in [1.54, 1.807) is 0 Å². The van der Waals surface area contributed by atoms with Crippen molar-refractivity contribution in [2.45, 2.75) is 26.7 Å². The topological polar surface area (TPSA) is 12.9 Å². The van der Waals surface area contributed by atoms with Crippen LogP contribution in [0.25, 0.3) is 0 Å². The van der Waals surface area contributed by atoms with Gasteiger partial charge in [0.2, 0.25) is 0 Å². The molecule has 1 heteroatoms. The third-order valence-corrected chi connectivity index (χ3v) is 3.04. The molecule has 2 rings (SSSR count). The average Bonchev–Trinajstić information content (AvgIpc) is 2.30. The minimum Gasteiger partial charge on any atom is -0.260 e. The third kappa shape index (κ3) is 2.13. The van der Waals surface area contributed by atoms with Gasteiger partial charge in [-0.15, -0.1) is 0 Å². The maximum Gasteiger partial charge on any atom is 0.0504 e. The van der Waals surface area contributed by atoms with Crippen LogP contribution in [0.2, 0.25) is 0 Å². The molecule has 0 N–H and O–H groups in total. The molecule has 0 radical (unpaired) electrons. The second-order valence-corrected chi connectivity index (χ2v) is 4.34. The molecule has 1 heterocycles. The summed E-state index contributed by atoms with van der Waals surface area (Å²) in [5.41, 5.74) is 5.06. The first-order chi connectivity index (χ1) is 7.68. The lowest BCUT2D eigenvalue weighted by Crippen LogP contribution is -2.01. The lowest BCUT2D eigenvalue weighted by molar-refractivity contribution is 0.857. The predicted molar refractivity (Wildman–Crippen MR) is 67.7 cm³/mol. The Morgan fingerprint density at radius 3 is 2.31 bits per heavy atom. The first-order valence-corrected chi connectivity index (χ1v) is 5.66. The highest BCUT2D eigenvalue weighted by molar-refractivity contribution is 5.33. The molecular formula is C15H17N. The summed E-state index contributed by atoms with van der Waals surface area (Å²) in [6.07, 6.45) is 1.87. The monoisotopic (exact) mass is 211 g/mol. The number of nitrogens with zero attached hydrogens (tertiary/aromatic N) is 1.